The van der Waals surface area contributed by atoms with Gasteiger partial charge in [-0.15, -0.1) is 0 Å². The zero-order chi connectivity index (χ0) is 10.7. The second-order valence-corrected chi connectivity index (χ2v) is 3.39. The Balaban J connectivity index is 2.30. The summed E-state index contributed by atoms with van der Waals surface area (Å²) >= 11 is 0. The molecular formula is C11H12N2O2. The van der Waals surface area contributed by atoms with Crippen LogP contribution in [0.15, 0.2) is 30.5 Å². The largest absolute Gasteiger partial charge is 0.394 e. The first-order valence-electron chi connectivity index (χ1n) is 4.79. The second kappa shape index (κ2) is 4.33. The van der Waals surface area contributed by atoms with E-state index in [1.54, 1.807) is 6.20 Å². The van der Waals surface area contributed by atoms with Crippen LogP contribution < -0.4 is 0 Å². The molecule has 78 valence electrons. The lowest BCUT2D eigenvalue weighted by atomic mass is 10.2. The van der Waals surface area contributed by atoms with Gasteiger partial charge in [-0.3, -0.25) is 4.98 Å². The van der Waals surface area contributed by atoms with Crippen molar-refractivity contribution in [2.75, 3.05) is 6.61 Å². The van der Waals surface area contributed by atoms with Gasteiger partial charge in [-0.05, 0) is 12.1 Å². The van der Waals surface area contributed by atoms with Crippen molar-refractivity contribution < 1.29 is 10.2 Å². The average molecular weight is 204 g/mol. The minimum Gasteiger partial charge on any atom is -0.394 e. The summed E-state index contributed by atoms with van der Waals surface area (Å²) in [5, 5.41) is 18.0. The summed E-state index contributed by atoms with van der Waals surface area (Å²) < 4.78 is 0. The van der Waals surface area contributed by atoms with Crippen LogP contribution in [0.25, 0.3) is 11.0 Å². The minimum atomic E-state index is -0.763. The highest BCUT2D eigenvalue weighted by molar-refractivity contribution is 5.73. The van der Waals surface area contributed by atoms with Crippen molar-refractivity contribution in [2.24, 2.45) is 0 Å². The Morgan fingerprint density at radius 2 is 1.93 bits per heavy atom. The molecule has 4 nitrogen and oxygen atoms in total. The molecule has 0 spiro atoms. The van der Waals surface area contributed by atoms with Gasteiger partial charge in [0.05, 0.1) is 29.4 Å². The third-order valence-corrected chi connectivity index (χ3v) is 2.15. The van der Waals surface area contributed by atoms with Gasteiger partial charge >= 0.3 is 0 Å². The molecule has 0 aliphatic heterocycles. The van der Waals surface area contributed by atoms with Gasteiger partial charge < -0.3 is 10.2 Å². The predicted octanol–water partition coefficient (Wildman–Crippen LogP) is 0.526. The fraction of sp³-hybridized carbons (Fsp3) is 0.273. The summed E-state index contributed by atoms with van der Waals surface area (Å²) in [5.41, 5.74) is 2.33. The van der Waals surface area contributed by atoms with Crippen LogP contribution in [0.1, 0.15) is 5.69 Å². The van der Waals surface area contributed by atoms with Gasteiger partial charge in [0.25, 0.3) is 0 Å². The molecule has 1 atom stereocenters. The molecule has 2 N–H and O–H groups in total. The zero-order valence-corrected chi connectivity index (χ0v) is 8.17. The fourth-order valence-electron chi connectivity index (χ4n) is 1.40. The van der Waals surface area contributed by atoms with Crippen molar-refractivity contribution in [3.8, 4) is 0 Å². The van der Waals surface area contributed by atoms with Crippen molar-refractivity contribution in [3.05, 3.63) is 36.2 Å². The van der Waals surface area contributed by atoms with Gasteiger partial charge in [0.1, 0.15) is 0 Å². The Hall–Kier alpha value is -1.52. The number of hydrogen-bond acceptors (Lipinski definition) is 4. The van der Waals surface area contributed by atoms with Gasteiger partial charge in [0.2, 0.25) is 0 Å². The van der Waals surface area contributed by atoms with Crippen LogP contribution in [0.4, 0.5) is 0 Å². The first-order valence-corrected chi connectivity index (χ1v) is 4.79. The molecule has 1 aromatic carbocycles. The van der Waals surface area contributed by atoms with Gasteiger partial charge in [-0.1, -0.05) is 12.1 Å². The quantitative estimate of drug-likeness (QED) is 0.765. The number of nitrogens with zero attached hydrogens (tertiary/aromatic N) is 2. The molecule has 0 aliphatic rings. The van der Waals surface area contributed by atoms with E-state index < -0.39 is 6.10 Å². The number of aliphatic hydroxyl groups is 2. The number of aromatic nitrogens is 2. The molecule has 0 bridgehead atoms. The molecule has 0 amide bonds. The van der Waals surface area contributed by atoms with Crippen LogP contribution in [0, 0.1) is 0 Å². The highest BCUT2D eigenvalue weighted by Crippen LogP contribution is 2.09. The maximum atomic E-state index is 9.27. The fourth-order valence-corrected chi connectivity index (χ4v) is 1.40. The molecular weight excluding hydrogens is 192 g/mol. The van der Waals surface area contributed by atoms with E-state index in [-0.39, 0.29) is 6.61 Å². The number of rotatable bonds is 3. The average Bonchev–Trinajstić information content (AvgIpc) is 2.29. The summed E-state index contributed by atoms with van der Waals surface area (Å²) in [6.45, 7) is -0.255. The van der Waals surface area contributed by atoms with Crippen LogP contribution in [0.2, 0.25) is 0 Å². The van der Waals surface area contributed by atoms with Crippen molar-refractivity contribution in [3.63, 3.8) is 0 Å². The normalized spacial score (nSPS) is 12.9. The van der Waals surface area contributed by atoms with Crippen LogP contribution >= 0.6 is 0 Å². The lowest BCUT2D eigenvalue weighted by Crippen LogP contribution is -2.16. The van der Waals surface area contributed by atoms with E-state index in [0.717, 1.165) is 11.0 Å². The first-order chi connectivity index (χ1) is 7.29. The Morgan fingerprint density at radius 3 is 2.67 bits per heavy atom. The second-order valence-electron chi connectivity index (χ2n) is 3.39. The lowest BCUT2D eigenvalue weighted by Gasteiger charge is -2.06. The molecule has 1 heterocycles. The topological polar surface area (TPSA) is 66.2 Å². The van der Waals surface area contributed by atoms with Crippen molar-refractivity contribution in [1.82, 2.24) is 9.97 Å². The van der Waals surface area contributed by atoms with Crippen molar-refractivity contribution in [1.29, 1.82) is 0 Å². The first kappa shape index (κ1) is 10.0. The van der Waals surface area contributed by atoms with Crippen LogP contribution in [0.3, 0.4) is 0 Å². The van der Waals surface area contributed by atoms with Crippen molar-refractivity contribution in [2.45, 2.75) is 12.5 Å². The summed E-state index contributed by atoms with van der Waals surface area (Å²) in [6.07, 6.45) is 1.19. The highest BCUT2D eigenvalue weighted by atomic mass is 16.3. The molecule has 0 saturated heterocycles. The Morgan fingerprint density at radius 1 is 1.20 bits per heavy atom. The molecule has 0 fully saturated rings. The van der Waals surface area contributed by atoms with E-state index in [1.807, 2.05) is 24.3 Å². The molecule has 2 aromatic rings. The summed E-state index contributed by atoms with van der Waals surface area (Å²) in [7, 11) is 0. The Labute approximate surface area is 87.2 Å². The van der Waals surface area contributed by atoms with E-state index in [2.05, 4.69) is 9.97 Å². The monoisotopic (exact) mass is 204 g/mol. The third kappa shape index (κ3) is 2.29. The van der Waals surface area contributed by atoms with Gasteiger partial charge in [-0.2, -0.15) is 0 Å². The molecule has 1 aromatic heterocycles. The lowest BCUT2D eigenvalue weighted by molar-refractivity contribution is 0.0947. The molecule has 15 heavy (non-hydrogen) atoms. The highest BCUT2D eigenvalue weighted by Gasteiger charge is 2.05. The van der Waals surface area contributed by atoms with Gasteiger partial charge in [0, 0.05) is 12.6 Å². The number of aliphatic hydroxyl groups excluding tert-OH is 2. The molecule has 4 heteroatoms. The van der Waals surface area contributed by atoms with Gasteiger partial charge in [0.15, 0.2) is 0 Å². The van der Waals surface area contributed by atoms with E-state index in [4.69, 9.17) is 5.11 Å². The maximum absolute atomic E-state index is 9.27. The van der Waals surface area contributed by atoms with E-state index in [1.165, 1.54) is 0 Å². The minimum absolute atomic E-state index is 0.255. The number of para-hydroxylation sites is 2. The Kier molecular flexibility index (Phi) is 2.89. The summed E-state index contributed by atoms with van der Waals surface area (Å²) in [6, 6.07) is 7.55. The SMILES string of the molecule is OCC(O)Cc1cnc2ccccc2n1. The number of benzene rings is 1. The van der Waals surface area contributed by atoms with Gasteiger partial charge in [-0.25, -0.2) is 4.98 Å². The zero-order valence-electron chi connectivity index (χ0n) is 8.17. The summed E-state index contributed by atoms with van der Waals surface area (Å²) in [4.78, 5) is 8.54. The Bertz CT molecular complexity index is 459. The van der Waals surface area contributed by atoms with E-state index in [9.17, 15) is 5.11 Å². The summed E-state index contributed by atoms with van der Waals surface area (Å²) in [5.74, 6) is 0. The number of fused-ring (bicyclic) bond motifs is 1. The van der Waals surface area contributed by atoms with E-state index in [0.29, 0.717) is 12.1 Å². The predicted molar refractivity (Wildman–Crippen MR) is 56.3 cm³/mol. The third-order valence-electron chi connectivity index (χ3n) is 2.15. The van der Waals surface area contributed by atoms with Crippen LogP contribution in [-0.4, -0.2) is 32.9 Å². The smallest absolute Gasteiger partial charge is 0.0890 e. The molecule has 0 radical (unpaired) electrons. The van der Waals surface area contributed by atoms with E-state index >= 15 is 0 Å². The van der Waals surface area contributed by atoms with Crippen LogP contribution in [0.5, 0.6) is 0 Å². The standard InChI is InChI=1S/C11H12N2O2/c14-7-9(15)5-8-6-12-10-3-1-2-4-11(10)13-8/h1-4,6,9,14-15H,5,7H2. The molecule has 1 unspecified atom stereocenters. The number of hydrogen-bond donors (Lipinski definition) is 2. The molecule has 0 aliphatic carbocycles. The maximum Gasteiger partial charge on any atom is 0.0890 e. The van der Waals surface area contributed by atoms with Crippen molar-refractivity contribution >= 4 is 11.0 Å². The van der Waals surface area contributed by atoms with Crippen LogP contribution in [-0.2, 0) is 6.42 Å². The molecule has 0 saturated carbocycles. The molecule has 2 rings (SSSR count).